The topological polar surface area (TPSA) is 40.6 Å². The Balaban J connectivity index is 1.61. The maximum absolute atomic E-state index is 13.5. The first-order valence-corrected chi connectivity index (χ1v) is 11.3. The van der Waals surface area contributed by atoms with Crippen LogP contribution in [0.4, 0.5) is 4.39 Å². The molecule has 1 aromatic heterocycles. The summed E-state index contributed by atoms with van der Waals surface area (Å²) in [6, 6.07) is 8.28. The summed E-state index contributed by atoms with van der Waals surface area (Å²) in [5.74, 6) is -0.120. The average molecular weight is 415 g/mol. The summed E-state index contributed by atoms with van der Waals surface area (Å²) in [4.78, 5) is 31.1. The van der Waals surface area contributed by atoms with Gasteiger partial charge in [0.25, 0.3) is 0 Å². The molecule has 0 bridgehead atoms. The van der Waals surface area contributed by atoms with Crippen molar-refractivity contribution in [3.8, 4) is 0 Å². The summed E-state index contributed by atoms with van der Waals surface area (Å²) < 4.78 is 13.5. The highest BCUT2D eigenvalue weighted by Gasteiger charge is 2.38. The number of carbonyl (C=O) groups excluding carboxylic acids is 2. The van der Waals surface area contributed by atoms with E-state index in [1.54, 1.807) is 28.4 Å². The van der Waals surface area contributed by atoms with Crippen molar-refractivity contribution >= 4 is 23.2 Å². The summed E-state index contributed by atoms with van der Waals surface area (Å²) in [7, 11) is 0. The third-order valence-electron chi connectivity index (χ3n) is 6.11. The summed E-state index contributed by atoms with van der Waals surface area (Å²) in [6.07, 6.45) is 3.50. The fraction of sp³-hybridized carbons (Fsp3) is 0.478. The lowest BCUT2D eigenvalue weighted by molar-refractivity contribution is -0.144. The monoisotopic (exact) mass is 414 g/mol. The minimum Gasteiger partial charge on any atom is -0.330 e. The van der Waals surface area contributed by atoms with Crippen LogP contribution in [0.5, 0.6) is 0 Å². The molecule has 0 spiro atoms. The van der Waals surface area contributed by atoms with Gasteiger partial charge in [-0.15, -0.1) is 11.3 Å². The van der Waals surface area contributed by atoms with Crippen molar-refractivity contribution in [3.63, 3.8) is 0 Å². The molecule has 2 atom stereocenters. The van der Waals surface area contributed by atoms with Crippen LogP contribution in [0.25, 0.3) is 0 Å². The number of nitrogens with zero attached hydrogens (tertiary/aromatic N) is 2. The first-order valence-electron chi connectivity index (χ1n) is 10.4. The summed E-state index contributed by atoms with van der Waals surface area (Å²) >= 11 is 1.70. The smallest absolute Gasteiger partial charge is 0.243 e. The van der Waals surface area contributed by atoms with E-state index in [9.17, 15) is 14.0 Å². The number of hydrogen-bond donors (Lipinski definition) is 0. The second kappa shape index (κ2) is 8.27. The highest BCUT2D eigenvalue weighted by atomic mass is 32.1. The molecule has 1 aliphatic heterocycles. The van der Waals surface area contributed by atoms with Gasteiger partial charge in [-0.3, -0.25) is 9.59 Å². The standard InChI is InChI=1S/C23H27FN2O2S/c1-3-15(2)26(23(28)17-4-5-17)14-21(27)25-12-10-20-19(11-13-29-20)22(25)16-6-8-18(24)9-7-16/h6-9,11,13,15,17,22H,3-5,10,12,14H2,1-2H3/t15-,22+/m0/s1. The van der Waals surface area contributed by atoms with Gasteiger partial charge < -0.3 is 9.80 Å². The molecule has 2 aliphatic rings. The molecule has 0 saturated heterocycles. The van der Waals surface area contributed by atoms with Crippen LogP contribution < -0.4 is 0 Å². The number of benzene rings is 1. The maximum atomic E-state index is 13.5. The van der Waals surface area contributed by atoms with Gasteiger partial charge in [0.1, 0.15) is 12.4 Å². The summed E-state index contributed by atoms with van der Waals surface area (Å²) in [5.41, 5.74) is 2.02. The van der Waals surface area contributed by atoms with Gasteiger partial charge >= 0.3 is 0 Å². The average Bonchev–Trinajstić information content (AvgIpc) is 3.47. The SMILES string of the molecule is CC[C@H](C)N(CC(=O)N1CCc2sccc2[C@H]1c1ccc(F)cc1)C(=O)C1CC1. The molecule has 6 heteroatoms. The highest BCUT2D eigenvalue weighted by Crippen LogP contribution is 2.38. The van der Waals surface area contributed by atoms with Crippen molar-refractivity contribution in [3.05, 3.63) is 57.5 Å². The molecule has 2 heterocycles. The van der Waals surface area contributed by atoms with Crippen molar-refractivity contribution in [2.45, 2.75) is 51.6 Å². The second-order valence-electron chi connectivity index (χ2n) is 8.09. The van der Waals surface area contributed by atoms with Crippen LogP contribution in [0.1, 0.15) is 55.2 Å². The minimum absolute atomic E-state index is 0.0366. The number of thiophene rings is 1. The molecule has 4 nitrogen and oxygen atoms in total. The number of hydrogen-bond acceptors (Lipinski definition) is 3. The summed E-state index contributed by atoms with van der Waals surface area (Å²) in [5, 5.41) is 2.05. The van der Waals surface area contributed by atoms with E-state index in [0.29, 0.717) is 6.54 Å². The Bertz CT molecular complexity index is 891. The molecule has 29 heavy (non-hydrogen) atoms. The number of amides is 2. The van der Waals surface area contributed by atoms with Crippen LogP contribution in [-0.2, 0) is 16.0 Å². The van der Waals surface area contributed by atoms with E-state index in [-0.39, 0.29) is 42.2 Å². The van der Waals surface area contributed by atoms with E-state index < -0.39 is 0 Å². The summed E-state index contributed by atoms with van der Waals surface area (Å²) in [6.45, 7) is 4.78. The van der Waals surface area contributed by atoms with Crippen LogP contribution in [-0.4, -0.2) is 40.7 Å². The van der Waals surface area contributed by atoms with Gasteiger partial charge in [0.15, 0.2) is 0 Å². The molecular weight excluding hydrogens is 387 g/mol. The zero-order valence-electron chi connectivity index (χ0n) is 16.9. The largest absolute Gasteiger partial charge is 0.330 e. The molecule has 2 amide bonds. The number of rotatable bonds is 6. The van der Waals surface area contributed by atoms with Crippen LogP contribution >= 0.6 is 11.3 Å². The van der Waals surface area contributed by atoms with E-state index >= 15 is 0 Å². The zero-order chi connectivity index (χ0) is 20.5. The van der Waals surface area contributed by atoms with Crippen molar-refractivity contribution in [1.29, 1.82) is 0 Å². The van der Waals surface area contributed by atoms with E-state index in [0.717, 1.165) is 36.8 Å². The van der Waals surface area contributed by atoms with Crippen LogP contribution in [0.3, 0.4) is 0 Å². The van der Waals surface area contributed by atoms with Crippen molar-refractivity contribution in [2.24, 2.45) is 5.92 Å². The van der Waals surface area contributed by atoms with Crippen molar-refractivity contribution in [1.82, 2.24) is 9.80 Å². The first-order chi connectivity index (χ1) is 14.0. The quantitative estimate of drug-likeness (QED) is 0.703. The Morgan fingerprint density at radius 3 is 2.62 bits per heavy atom. The molecule has 2 aromatic rings. The Hall–Kier alpha value is -2.21. The molecule has 1 aliphatic carbocycles. The number of carbonyl (C=O) groups is 2. The van der Waals surface area contributed by atoms with Crippen LogP contribution in [0.2, 0.25) is 0 Å². The van der Waals surface area contributed by atoms with Gasteiger partial charge in [-0.05, 0) is 67.3 Å². The van der Waals surface area contributed by atoms with Gasteiger partial charge in [-0.1, -0.05) is 19.1 Å². The molecule has 1 fully saturated rings. The minimum atomic E-state index is -0.286. The van der Waals surface area contributed by atoms with Gasteiger partial charge in [0, 0.05) is 23.4 Å². The maximum Gasteiger partial charge on any atom is 0.243 e. The van der Waals surface area contributed by atoms with Crippen molar-refractivity contribution < 1.29 is 14.0 Å². The van der Waals surface area contributed by atoms with Gasteiger partial charge in [-0.2, -0.15) is 0 Å². The number of fused-ring (bicyclic) bond motifs is 1. The molecule has 4 rings (SSSR count). The van der Waals surface area contributed by atoms with Crippen molar-refractivity contribution in [2.75, 3.05) is 13.1 Å². The van der Waals surface area contributed by atoms with E-state index in [1.807, 2.05) is 18.7 Å². The van der Waals surface area contributed by atoms with Gasteiger partial charge in [0.05, 0.1) is 6.04 Å². The fourth-order valence-corrected chi connectivity index (χ4v) is 4.97. The van der Waals surface area contributed by atoms with Crippen LogP contribution in [0.15, 0.2) is 35.7 Å². The Kier molecular flexibility index (Phi) is 5.72. The normalized spacial score (nSPS) is 19.6. The highest BCUT2D eigenvalue weighted by molar-refractivity contribution is 7.10. The van der Waals surface area contributed by atoms with Gasteiger partial charge in [-0.25, -0.2) is 4.39 Å². The lowest BCUT2D eigenvalue weighted by Crippen LogP contribution is -2.49. The predicted molar refractivity (Wildman–Crippen MR) is 112 cm³/mol. The number of halogens is 1. The third-order valence-corrected chi connectivity index (χ3v) is 7.11. The van der Waals surface area contributed by atoms with E-state index in [1.165, 1.54) is 17.0 Å². The lowest BCUT2D eigenvalue weighted by atomic mass is 9.93. The van der Waals surface area contributed by atoms with E-state index in [2.05, 4.69) is 11.4 Å². The first kappa shape index (κ1) is 20.1. The molecule has 0 radical (unpaired) electrons. The second-order valence-corrected chi connectivity index (χ2v) is 9.09. The molecule has 154 valence electrons. The Morgan fingerprint density at radius 2 is 1.97 bits per heavy atom. The molecule has 1 saturated carbocycles. The van der Waals surface area contributed by atoms with Gasteiger partial charge in [0.2, 0.25) is 11.8 Å². The molecule has 0 N–H and O–H groups in total. The Labute approximate surface area is 175 Å². The molecule has 1 aromatic carbocycles. The van der Waals surface area contributed by atoms with Crippen LogP contribution in [0, 0.1) is 11.7 Å². The molecular formula is C23H27FN2O2S. The molecule has 0 unspecified atom stereocenters. The third kappa shape index (κ3) is 4.08. The zero-order valence-corrected chi connectivity index (χ0v) is 17.8. The van der Waals surface area contributed by atoms with E-state index in [4.69, 9.17) is 0 Å². The Morgan fingerprint density at radius 1 is 1.24 bits per heavy atom. The predicted octanol–water partition coefficient (Wildman–Crippen LogP) is 4.40. The lowest BCUT2D eigenvalue weighted by Gasteiger charge is -2.38. The fourth-order valence-electron chi connectivity index (χ4n) is 4.06.